The monoisotopic (exact) mass is 470 g/mol. The zero-order valence-corrected chi connectivity index (χ0v) is 17.7. The first kappa shape index (κ1) is 20.0. The molecule has 0 aliphatic rings. The van der Waals surface area contributed by atoms with Crippen LogP contribution in [0.3, 0.4) is 0 Å². The molecule has 0 fully saturated rings. The van der Waals surface area contributed by atoms with Crippen LogP contribution in [0.5, 0.6) is 0 Å². The fourth-order valence-corrected chi connectivity index (χ4v) is 4.85. The van der Waals surface area contributed by atoms with Crippen molar-refractivity contribution in [2.45, 2.75) is 11.4 Å². The normalized spacial score (nSPS) is 11.8. The van der Waals surface area contributed by atoms with Crippen LogP contribution in [0.2, 0.25) is 10.2 Å². The molecule has 0 atom stereocenters. The molecule has 3 heterocycles. The van der Waals surface area contributed by atoms with Crippen LogP contribution in [0.25, 0.3) is 22.2 Å². The van der Waals surface area contributed by atoms with E-state index >= 15 is 0 Å². The van der Waals surface area contributed by atoms with Crippen molar-refractivity contribution in [1.82, 2.24) is 25.0 Å². The molecule has 3 aromatic heterocycles. The fraction of sp³-hybridized carbons (Fsp3) is 0.118. The average molecular weight is 472 g/mol. The largest absolute Gasteiger partial charge is 0.359 e. The molecular weight excluding hydrogens is 459 g/mol. The summed E-state index contributed by atoms with van der Waals surface area (Å²) < 4.78 is 29.9. The lowest BCUT2D eigenvalue weighted by Gasteiger charge is -2.08. The number of H-pyrrole nitrogens is 1. The first-order valence-corrected chi connectivity index (χ1v) is 11.1. The number of benzene rings is 1. The first-order valence-electron chi connectivity index (χ1n) is 8.30. The highest BCUT2D eigenvalue weighted by Crippen LogP contribution is 2.36. The number of aromatic amines is 1. The number of nitrogens with one attached hydrogen (secondary N) is 2. The Kier molecular flexibility index (Phi) is 5.39. The number of sulfonamides is 1. The van der Waals surface area contributed by atoms with Crippen molar-refractivity contribution in [3.63, 3.8) is 0 Å². The fourth-order valence-electron chi connectivity index (χ4n) is 2.93. The summed E-state index contributed by atoms with van der Waals surface area (Å²) in [5.74, 6) is 0.294. The number of aromatic nitrogens is 5. The second-order valence-electron chi connectivity index (χ2n) is 5.97. The van der Waals surface area contributed by atoms with Gasteiger partial charge in [-0.2, -0.15) is 15.3 Å². The van der Waals surface area contributed by atoms with Crippen LogP contribution < -0.4 is 4.72 Å². The van der Waals surface area contributed by atoms with Gasteiger partial charge in [-0.15, -0.1) is 11.6 Å². The average Bonchev–Trinajstić information content (AvgIpc) is 3.28. The van der Waals surface area contributed by atoms with Crippen molar-refractivity contribution in [3.8, 4) is 11.3 Å². The Morgan fingerprint density at radius 3 is 2.76 bits per heavy atom. The lowest BCUT2D eigenvalue weighted by atomic mass is 10.1. The number of hydrogen-bond acceptors (Lipinski definition) is 5. The summed E-state index contributed by atoms with van der Waals surface area (Å²) >= 11 is 18.2. The lowest BCUT2D eigenvalue weighted by Crippen LogP contribution is -2.12. The Hall–Kier alpha value is -2.33. The Balaban J connectivity index is 1.79. The van der Waals surface area contributed by atoms with Crippen molar-refractivity contribution in [2.75, 3.05) is 10.6 Å². The van der Waals surface area contributed by atoms with Crippen LogP contribution >= 0.6 is 34.8 Å². The molecule has 150 valence electrons. The smallest absolute Gasteiger partial charge is 0.264 e. The Morgan fingerprint density at radius 2 is 2.03 bits per heavy atom. The minimum Gasteiger partial charge on any atom is -0.359 e. The quantitative estimate of drug-likeness (QED) is 0.411. The summed E-state index contributed by atoms with van der Waals surface area (Å²) in [7, 11) is -3.96. The highest BCUT2D eigenvalue weighted by atomic mass is 35.5. The Morgan fingerprint density at radius 1 is 1.21 bits per heavy atom. The van der Waals surface area contributed by atoms with Crippen LogP contribution in [0.4, 0.5) is 5.69 Å². The topological polar surface area (TPSA) is 106 Å². The molecule has 0 spiro atoms. The van der Waals surface area contributed by atoms with Gasteiger partial charge in [0, 0.05) is 29.2 Å². The summed E-state index contributed by atoms with van der Waals surface area (Å²) in [5, 5.41) is 13.0. The number of rotatable bonds is 6. The van der Waals surface area contributed by atoms with Crippen LogP contribution in [-0.2, 0) is 16.6 Å². The molecule has 12 heteroatoms. The van der Waals surface area contributed by atoms with E-state index in [1.54, 1.807) is 30.5 Å². The zero-order valence-electron chi connectivity index (χ0n) is 14.6. The standard InChI is InChI=1S/C17H13Cl3N6O2S/c18-5-7-26-17(20)13(8-23-26)25-29(27,28)14-9-21-16-10(14)3-4-11(19)15(16)12-2-1-6-22-24-12/h1-4,6,8-9,21,25H,5,7H2. The second-order valence-corrected chi connectivity index (χ2v) is 8.77. The van der Waals surface area contributed by atoms with Crippen LogP contribution in [0, 0.1) is 0 Å². The van der Waals surface area contributed by atoms with Gasteiger partial charge in [0.15, 0.2) is 5.15 Å². The molecule has 0 amide bonds. The second kappa shape index (κ2) is 7.83. The minimum atomic E-state index is -3.96. The van der Waals surface area contributed by atoms with Gasteiger partial charge in [0.05, 0.1) is 29.0 Å². The highest BCUT2D eigenvalue weighted by Gasteiger charge is 2.24. The van der Waals surface area contributed by atoms with Gasteiger partial charge < -0.3 is 4.98 Å². The summed E-state index contributed by atoms with van der Waals surface area (Å²) in [4.78, 5) is 3.02. The Bertz CT molecular complexity index is 1290. The molecule has 0 saturated carbocycles. The highest BCUT2D eigenvalue weighted by molar-refractivity contribution is 7.93. The van der Waals surface area contributed by atoms with E-state index in [0.717, 1.165) is 0 Å². The maximum atomic E-state index is 13.0. The van der Waals surface area contributed by atoms with Gasteiger partial charge in [-0.1, -0.05) is 23.2 Å². The molecule has 8 nitrogen and oxygen atoms in total. The van der Waals surface area contributed by atoms with Crippen molar-refractivity contribution in [2.24, 2.45) is 0 Å². The van der Waals surface area contributed by atoms with Gasteiger partial charge in [0.1, 0.15) is 10.6 Å². The minimum absolute atomic E-state index is 0.0375. The molecule has 0 aliphatic carbocycles. The van der Waals surface area contributed by atoms with Gasteiger partial charge in [0.25, 0.3) is 10.0 Å². The molecule has 0 unspecified atom stereocenters. The third kappa shape index (κ3) is 3.66. The van der Waals surface area contributed by atoms with Gasteiger partial charge in [-0.25, -0.2) is 8.42 Å². The molecule has 0 bridgehead atoms. The Labute approximate surface area is 180 Å². The summed E-state index contributed by atoms with van der Waals surface area (Å²) in [6.45, 7) is 0.356. The van der Waals surface area contributed by atoms with E-state index in [1.165, 1.54) is 17.1 Å². The zero-order chi connectivity index (χ0) is 20.6. The van der Waals surface area contributed by atoms with E-state index in [9.17, 15) is 8.42 Å². The number of aryl methyl sites for hydroxylation is 1. The molecular formula is C17H13Cl3N6O2S. The first-order chi connectivity index (χ1) is 13.9. The molecule has 4 rings (SSSR count). The number of alkyl halides is 1. The SMILES string of the molecule is O=S(=O)(Nc1cnn(CCCl)c1Cl)c1c[nH]c2c(-c3cccnn3)c(Cl)ccc12. The van der Waals surface area contributed by atoms with Gasteiger partial charge in [-0.3, -0.25) is 9.40 Å². The summed E-state index contributed by atoms with van der Waals surface area (Å²) in [6, 6.07) is 6.71. The van der Waals surface area contributed by atoms with Gasteiger partial charge in [-0.05, 0) is 24.3 Å². The summed E-state index contributed by atoms with van der Waals surface area (Å²) in [5.41, 5.74) is 1.77. The molecule has 1 aromatic carbocycles. The van der Waals surface area contributed by atoms with Crippen molar-refractivity contribution in [1.29, 1.82) is 0 Å². The molecule has 4 aromatic rings. The van der Waals surface area contributed by atoms with Crippen LogP contribution in [0.1, 0.15) is 0 Å². The number of anilines is 1. The number of nitrogens with zero attached hydrogens (tertiary/aromatic N) is 4. The maximum absolute atomic E-state index is 13.0. The van der Waals surface area contributed by atoms with E-state index < -0.39 is 10.0 Å². The van der Waals surface area contributed by atoms with Crippen molar-refractivity contribution < 1.29 is 8.42 Å². The lowest BCUT2D eigenvalue weighted by molar-refractivity contribution is 0.602. The molecule has 0 aliphatic heterocycles. The van der Waals surface area contributed by atoms with Gasteiger partial charge >= 0.3 is 0 Å². The number of halogens is 3. The number of fused-ring (bicyclic) bond motifs is 1. The maximum Gasteiger partial charge on any atom is 0.264 e. The summed E-state index contributed by atoms with van der Waals surface area (Å²) in [6.07, 6.45) is 4.27. The molecule has 2 N–H and O–H groups in total. The van der Waals surface area contributed by atoms with E-state index in [2.05, 4.69) is 25.0 Å². The van der Waals surface area contributed by atoms with Crippen molar-refractivity contribution in [3.05, 3.63) is 53.0 Å². The molecule has 0 saturated heterocycles. The molecule has 0 radical (unpaired) electrons. The van der Waals surface area contributed by atoms with Crippen LogP contribution in [0.15, 0.2) is 47.8 Å². The van der Waals surface area contributed by atoms with E-state index in [-0.39, 0.29) is 15.7 Å². The third-order valence-electron chi connectivity index (χ3n) is 4.20. The molecule has 29 heavy (non-hydrogen) atoms. The predicted octanol–water partition coefficient (Wildman–Crippen LogP) is 4.17. The van der Waals surface area contributed by atoms with Gasteiger partial charge in [0.2, 0.25) is 0 Å². The van der Waals surface area contributed by atoms with E-state index in [4.69, 9.17) is 34.8 Å². The predicted molar refractivity (Wildman–Crippen MR) is 113 cm³/mol. The van der Waals surface area contributed by atoms with Crippen molar-refractivity contribution >= 4 is 61.4 Å². The van der Waals surface area contributed by atoms with E-state index in [1.807, 2.05) is 0 Å². The third-order valence-corrected chi connectivity index (χ3v) is 6.49. The number of hydrogen-bond donors (Lipinski definition) is 2. The van der Waals surface area contributed by atoms with Crippen LogP contribution in [-0.4, -0.2) is 39.3 Å². The van der Waals surface area contributed by atoms with E-state index in [0.29, 0.717) is 39.6 Å².